The average Bonchev–Trinajstić information content (AvgIpc) is 2.59. The Labute approximate surface area is 161 Å². The molecule has 0 heterocycles. The second-order valence-corrected chi connectivity index (χ2v) is 9.04. The molecule has 0 aliphatic carbocycles. The average molecular weight is 391 g/mol. The van der Waals surface area contributed by atoms with E-state index in [4.69, 9.17) is 4.74 Å². The smallest absolute Gasteiger partial charge is 0.241 e. The standard InChI is InChI=1S/C20H26N2O4S/c1-14-12-15(26-5)10-11-18(14)27(24,25)21-13-19(23)22-17-9-7-6-8-16(17)20(2,3)4/h6-12,21H,13H2,1-5H3,(H,22,23). The molecule has 0 spiro atoms. The Hall–Kier alpha value is -2.38. The number of sulfonamides is 1. The van der Waals surface area contributed by atoms with Crippen molar-refractivity contribution in [3.63, 3.8) is 0 Å². The molecular weight excluding hydrogens is 364 g/mol. The predicted octanol–water partition coefficient (Wildman–Crippen LogP) is 3.22. The van der Waals surface area contributed by atoms with E-state index in [1.165, 1.54) is 13.2 Å². The molecule has 1 amide bonds. The summed E-state index contributed by atoms with van der Waals surface area (Å²) < 4.78 is 32.4. The molecular formula is C20H26N2O4S. The molecule has 2 N–H and O–H groups in total. The van der Waals surface area contributed by atoms with Gasteiger partial charge < -0.3 is 10.1 Å². The number of amides is 1. The first kappa shape index (κ1) is 20.9. The van der Waals surface area contributed by atoms with Crippen molar-refractivity contribution in [2.24, 2.45) is 0 Å². The fraction of sp³-hybridized carbons (Fsp3) is 0.350. The van der Waals surface area contributed by atoms with Crippen molar-refractivity contribution in [1.29, 1.82) is 0 Å². The van der Waals surface area contributed by atoms with Crippen LogP contribution in [0.4, 0.5) is 5.69 Å². The van der Waals surface area contributed by atoms with Crippen LogP contribution in [-0.2, 0) is 20.2 Å². The first-order chi connectivity index (χ1) is 12.5. The van der Waals surface area contributed by atoms with E-state index in [2.05, 4.69) is 10.0 Å². The van der Waals surface area contributed by atoms with Gasteiger partial charge >= 0.3 is 0 Å². The number of methoxy groups -OCH3 is 1. The Bertz CT molecular complexity index is 931. The monoisotopic (exact) mass is 390 g/mol. The maximum absolute atomic E-state index is 12.5. The molecule has 0 atom stereocenters. The third-order valence-electron chi connectivity index (χ3n) is 4.10. The van der Waals surface area contributed by atoms with Gasteiger partial charge in [-0.1, -0.05) is 39.0 Å². The molecule has 0 aliphatic rings. The van der Waals surface area contributed by atoms with Crippen molar-refractivity contribution in [1.82, 2.24) is 4.72 Å². The van der Waals surface area contributed by atoms with Crippen molar-refractivity contribution in [3.05, 3.63) is 53.6 Å². The zero-order valence-electron chi connectivity index (χ0n) is 16.3. The number of para-hydroxylation sites is 1. The number of rotatable bonds is 6. The summed E-state index contributed by atoms with van der Waals surface area (Å²) in [6.07, 6.45) is 0. The van der Waals surface area contributed by atoms with Gasteiger partial charge in [0.1, 0.15) is 5.75 Å². The van der Waals surface area contributed by atoms with Crippen LogP contribution in [0.5, 0.6) is 5.75 Å². The quantitative estimate of drug-likeness (QED) is 0.793. The minimum atomic E-state index is -3.81. The molecule has 7 heteroatoms. The van der Waals surface area contributed by atoms with Gasteiger partial charge in [-0.15, -0.1) is 0 Å². The molecule has 0 fully saturated rings. The summed E-state index contributed by atoms with van der Waals surface area (Å²) in [4.78, 5) is 12.4. The SMILES string of the molecule is COc1ccc(S(=O)(=O)NCC(=O)Nc2ccccc2C(C)(C)C)c(C)c1. The summed E-state index contributed by atoms with van der Waals surface area (Å²) >= 11 is 0. The third-order valence-corrected chi connectivity index (χ3v) is 5.66. The molecule has 27 heavy (non-hydrogen) atoms. The van der Waals surface area contributed by atoms with Gasteiger partial charge in [0.25, 0.3) is 0 Å². The van der Waals surface area contributed by atoms with Gasteiger partial charge in [0, 0.05) is 5.69 Å². The topological polar surface area (TPSA) is 84.5 Å². The van der Waals surface area contributed by atoms with Gasteiger partial charge in [0.05, 0.1) is 18.6 Å². The fourth-order valence-corrected chi connectivity index (χ4v) is 3.94. The van der Waals surface area contributed by atoms with E-state index in [1.54, 1.807) is 25.1 Å². The number of aryl methyl sites for hydroxylation is 1. The lowest BCUT2D eigenvalue weighted by Gasteiger charge is -2.23. The first-order valence-corrected chi connectivity index (χ1v) is 10.1. The Balaban J connectivity index is 2.10. The molecule has 2 aromatic rings. The van der Waals surface area contributed by atoms with Crippen LogP contribution < -0.4 is 14.8 Å². The van der Waals surface area contributed by atoms with E-state index in [-0.39, 0.29) is 16.9 Å². The van der Waals surface area contributed by atoms with Gasteiger partial charge in [-0.3, -0.25) is 4.79 Å². The van der Waals surface area contributed by atoms with Gasteiger partial charge in [-0.05, 0) is 47.7 Å². The molecule has 2 rings (SSSR count). The van der Waals surface area contributed by atoms with E-state index in [1.807, 2.05) is 39.0 Å². The lowest BCUT2D eigenvalue weighted by molar-refractivity contribution is -0.115. The summed E-state index contributed by atoms with van der Waals surface area (Å²) in [6, 6.07) is 12.2. The normalized spacial score (nSPS) is 11.9. The Morgan fingerprint density at radius 1 is 1.11 bits per heavy atom. The molecule has 0 unspecified atom stereocenters. The number of benzene rings is 2. The van der Waals surface area contributed by atoms with Crippen molar-refractivity contribution in [3.8, 4) is 5.75 Å². The number of anilines is 1. The second-order valence-electron chi connectivity index (χ2n) is 7.30. The van der Waals surface area contributed by atoms with E-state index >= 15 is 0 Å². The van der Waals surface area contributed by atoms with Gasteiger partial charge in [0.2, 0.25) is 15.9 Å². The van der Waals surface area contributed by atoms with Crippen LogP contribution in [0, 0.1) is 6.92 Å². The van der Waals surface area contributed by atoms with Crippen molar-refractivity contribution >= 4 is 21.6 Å². The lowest BCUT2D eigenvalue weighted by Crippen LogP contribution is -2.33. The van der Waals surface area contributed by atoms with Crippen LogP contribution in [0.15, 0.2) is 47.4 Å². The largest absolute Gasteiger partial charge is 0.497 e. The highest BCUT2D eigenvalue weighted by Crippen LogP contribution is 2.29. The molecule has 0 bridgehead atoms. The summed E-state index contributed by atoms with van der Waals surface area (Å²) in [6.45, 7) is 7.47. The molecule has 0 aliphatic heterocycles. The molecule has 0 saturated carbocycles. The van der Waals surface area contributed by atoms with Crippen LogP contribution in [0.2, 0.25) is 0 Å². The highest BCUT2D eigenvalue weighted by molar-refractivity contribution is 7.89. The number of hydrogen-bond donors (Lipinski definition) is 2. The second kappa shape index (κ2) is 8.10. The zero-order valence-corrected chi connectivity index (χ0v) is 17.1. The van der Waals surface area contributed by atoms with Crippen LogP contribution in [0.3, 0.4) is 0 Å². The van der Waals surface area contributed by atoms with E-state index in [0.717, 1.165) is 5.56 Å². The van der Waals surface area contributed by atoms with Crippen LogP contribution in [0.1, 0.15) is 31.9 Å². The number of hydrogen-bond acceptors (Lipinski definition) is 4. The molecule has 146 valence electrons. The Morgan fingerprint density at radius 2 is 1.78 bits per heavy atom. The number of carbonyl (C=O) groups is 1. The maximum atomic E-state index is 12.5. The third kappa shape index (κ3) is 5.30. The van der Waals surface area contributed by atoms with Crippen molar-refractivity contribution in [2.75, 3.05) is 19.0 Å². The lowest BCUT2D eigenvalue weighted by atomic mass is 9.86. The Kier molecular flexibility index (Phi) is 6.28. The fourth-order valence-electron chi connectivity index (χ4n) is 2.73. The minimum Gasteiger partial charge on any atom is -0.497 e. The molecule has 2 aromatic carbocycles. The molecule has 6 nitrogen and oxygen atoms in total. The van der Waals surface area contributed by atoms with E-state index < -0.39 is 15.9 Å². The first-order valence-electron chi connectivity index (χ1n) is 8.58. The van der Waals surface area contributed by atoms with Gasteiger partial charge in [0.15, 0.2) is 0 Å². The van der Waals surface area contributed by atoms with Crippen LogP contribution in [0.25, 0.3) is 0 Å². The van der Waals surface area contributed by atoms with Crippen molar-refractivity contribution < 1.29 is 17.9 Å². The molecule has 0 radical (unpaired) electrons. The number of ether oxygens (including phenoxy) is 1. The maximum Gasteiger partial charge on any atom is 0.241 e. The van der Waals surface area contributed by atoms with E-state index in [9.17, 15) is 13.2 Å². The summed E-state index contributed by atoms with van der Waals surface area (Å²) in [5, 5.41) is 2.79. The zero-order chi connectivity index (χ0) is 20.2. The number of nitrogens with one attached hydrogen (secondary N) is 2. The van der Waals surface area contributed by atoms with Crippen LogP contribution in [-0.4, -0.2) is 28.0 Å². The molecule has 0 aromatic heterocycles. The Morgan fingerprint density at radius 3 is 2.37 bits per heavy atom. The molecule has 0 saturated heterocycles. The summed E-state index contributed by atoms with van der Waals surface area (Å²) in [5.74, 6) is 0.143. The summed E-state index contributed by atoms with van der Waals surface area (Å²) in [7, 11) is -2.29. The summed E-state index contributed by atoms with van der Waals surface area (Å²) in [5.41, 5.74) is 2.05. The minimum absolute atomic E-state index is 0.117. The van der Waals surface area contributed by atoms with E-state index in [0.29, 0.717) is 17.0 Å². The highest BCUT2D eigenvalue weighted by Gasteiger charge is 2.21. The number of carbonyl (C=O) groups excluding carboxylic acids is 1. The highest BCUT2D eigenvalue weighted by atomic mass is 32.2. The van der Waals surface area contributed by atoms with Gasteiger partial charge in [-0.2, -0.15) is 0 Å². The van der Waals surface area contributed by atoms with Crippen molar-refractivity contribution in [2.45, 2.75) is 38.0 Å². The predicted molar refractivity (Wildman–Crippen MR) is 107 cm³/mol. The van der Waals surface area contributed by atoms with Crippen LogP contribution >= 0.6 is 0 Å². The van der Waals surface area contributed by atoms with Gasteiger partial charge in [-0.25, -0.2) is 13.1 Å².